The summed E-state index contributed by atoms with van der Waals surface area (Å²) in [7, 11) is 1.62. The van der Waals surface area contributed by atoms with E-state index in [2.05, 4.69) is 4.98 Å². The van der Waals surface area contributed by atoms with Gasteiger partial charge in [0.05, 0.1) is 12.5 Å². The van der Waals surface area contributed by atoms with Crippen LogP contribution in [0.1, 0.15) is 31.2 Å². The van der Waals surface area contributed by atoms with Crippen molar-refractivity contribution < 1.29 is 9.15 Å². The minimum Gasteiger partial charge on any atom is -0.497 e. The molecule has 2 aromatic carbocycles. The van der Waals surface area contributed by atoms with Crippen LogP contribution in [-0.2, 0) is 13.0 Å². The van der Waals surface area contributed by atoms with Crippen molar-refractivity contribution in [3.8, 4) is 5.75 Å². The number of fused-ring (bicyclic) bond motifs is 2. The molecule has 0 bridgehead atoms. The first kappa shape index (κ1) is 18.9. The number of hydrogen-bond donors (Lipinski definition) is 0. The molecule has 0 aliphatic heterocycles. The van der Waals surface area contributed by atoms with Crippen molar-refractivity contribution >= 4 is 22.1 Å². The predicted molar refractivity (Wildman–Crippen MR) is 113 cm³/mol. The van der Waals surface area contributed by atoms with E-state index in [1.165, 1.54) is 0 Å². The van der Waals surface area contributed by atoms with Gasteiger partial charge in [0.15, 0.2) is 5.39 Å². The van der Waals surface area contributed by atoms with Crippen LogP contribution in [0.15, 0.2) is 62.5 Å². The molecule has 6 heteroatoms. The number of rotatable bonds is 5. The van der Waals surface area contributed by atoms with Crippen LogP contribution in [0, 0.1) is 0 Å². The van der Waals surface area contributed by atoms with Crippen molar-refractivity contribution in [2.24, 2.45) is 0 Å². The van der Waals surface area contributed by atoms with Crippen LogP contribution in [0.3, 0.4) is 0 Å². The predicted octanol–water partition coefficient (Wildman–Crippen LogP) is 3.88. The van der Waals surface area contributed by atoms with E-state index in [-0.39, 0.29) is 28.0 Å². The number of aromatic nitrogens is 2. The van der Waals surface area contributed by atoms with Crippen LogP contribution in [-0.4, -0.2) is 16.7 Å². The molecule has 0 amide bonds. The lowest BCUT2D eigenvalue weighted by Crippen LogP contribution is -2.30. The Labute approximate surface area is 167 Å². The van der Waals surface area contributed by atoms with E-state index in [9.17, 15) is 9.59 Å². The summed E-state index contributed by atoms with van der Waals surface area (Å²) in [5, 5.41) is 0.390. The maximum Gasteiger partial charge on any atom is 0.268 e. The van der Waals surface area contributed by atoms with Crippen molar-refractivity contribution in [1.82, 2.24) is 9.55 Å². The summed E-state index contributed by atoms with van der Waals surface area (Å²) >= 11 is 0. The maximum atomic E-state index is 13.3. The van der Waals surface area contributed by atoms with Gasteiger partial charge in [-0.15, -0.1) is 0 Å². The van der Waals surface area contributed by atoms with Crippen LogP contribution >= 0.6 is 0 Å². The Morgan fingerprint density at radius 1 is 1.07 bits per heavy atom. The molecule has 0 aliphatic carbocycles. The molecule has 4 rings (SSSR count). The Balaban J connectivity index is 1.85. The summed E-state index contributed by atoms with van der Waals surface area (Å²) in [4.78, 5) is 30.8. The van der Waals surface area contributed by atoms with Crippen molar-refractivity contribution in [2.45, 2.75) is 32.7 Å². The third kappa shape index (κ3) is 3.42. The largest absolute Gasteiger partial charge is 0.497 e. The van der Waals surface area contributed by atoms with Gasteiger partial charge < -0.3 is 9.15 Å². The minimum atomic E-state index is -0.355. The van der Waals surface area contributed by atoms with Gasteiger partial charge in [0.2, 0.25) is 11.1 Å². The summed E-state index contributed by atoms with van der Waals surface area (Å²) in [6.45, 7) is 4.36. The number of aryl methyl sites for hydroxylation is 1. The van der Waals surface area contributed by atoms with E-state index in [0.29, 0.717) is 29.8 Å². The smallest absolute Gasteiger partial charge is 0.268 e. The molecule has 4 aromatic rings. The van der Waals surface area contributed by atoms with Crippen LogP contribution in [0.2, 0.25) is 0 Å². The van der Waals surface area contributed by atoms with Crippen molar-refractivity contribution in [1.29, 1.82) is 0 Å². The Hall–Kier alpha value is -3.41. The second-order valence-corrected chi connectivity index (χ2v) is 7.29. The van der Waals surface area contributed by atoms with Gasteiger partial charge in [-0.2, -0.15) is 4.98 Å². The van der Waals surface area contributed by atoms with E-state index in [1.54, 1.807) is 35.9 Å². The Morgan fingerprint density at radius 3 is 2.48 bits per heavy atom. The van der Waals surface area contributed by atoms with Gasteiger partial charge in [-0.1, -0.05) is 38.1 Å². The van der Waals surface area contributed by atoms with E-state index in [4.69, 9.17) is 9.15 Å². The third-order valence-corrected chi connectivity index (χ3v) is 5.03. The van der Waals surface area contributed by atoms with Gasteiger partial charge in [0, 0.05) is 12.5 Å². The number of ether oxygens (including phenoxy) is 1. The fourth-order valence-electron chi connectivity index (χ4n) is 3.49. The van der Waals surface area contributed by atoms with Crippen LogP contribution < -0.4 is 15.7 Å². The van der Waals surface area contributed by atoms with Gasteiger partial charge >= 0.3 is 0 Å². The second kappa shape index (κ2) is 7.54. The first-order chi connectivity index (χ1) is 14.0. The molecule has 0 atom stereocenters. The van der Waals surface area contributed by atoms with E-state index in [1.807, 2.05) is 38.1 Å². The molecule has 0 spiro atoms. The molecular formula is C23H22N2O4. The molecule has 0 saturated carbocycles. The zero-order valence-corrected chi connectivity index (χ0v) is 16.6. The molecule has 29 heavy (non-hydrogen) atoms. The summed E-state index contributed by atoms with van der Waals surface area (Å²) < 4.78 is 12.6. The molecule has 0 saturated heterocycles. The highest BCUT2D eigenvalue weighted by atomic mass is 16.5. The molecule has 0 aliphatic rings. The SMILES string of the molecule is COc1ccc(CCn2c(C(C)C)nc3oc4ccccc4c(=O)c3c2=O)cc1. The van der Waals surface area contributed by atoms with Crippen molar-refractivity contribution in [3.05, 3.63) is 80.5 Å². The van der Waals surface area contributed by atoms with Crippen molar-refractivity contribution in [2.75, 3.05) is 7.11 Å². The number of benzene rings is 2. The van der Waals surface area contributed by atoms with E-state index < -0.39 is 0 Å². The second-order valence-electron chi connectivity index (χ2n) is 7.29. The van der Waals surface area contributed by atoms with Gasteiger partial charge in [0.1, 0.15) is 17.2 Å². The van der Waals surface area contributed by atoms with Gasteiger partial charge in [-0.05, 0) is 36.2 Å². The highest BCUT2D eigenvalue weighted by Crippen LogP contribution is 2.19. The van der Waals surface area contributed by atoms with Crippen LogP contribution in [0.4, 0.5) is 0 Å². The van der Waals surface area contributed by atoms with Gasteiger partial charge in [-0.25, -0.2) is 0 Å². The lowest BCUT2D eigenvalue weighted by atomic mass is 10.1. The molecular weight excluding hydrogens is 368 g/mol. The van der Waals surface area contributed by atoms with Gasteiger partial charge in [0.25, 0.3) is 5.56 Å². The Kier molecular flexibility index (Phi) is 4.92. The average Bonchev–Trinajstić information content (AvgIpc) is 2.73. The normalized spacial score (nSPS) is 11.4. The maximum absolute atomic E-state index is 13.3. The van der Waals surface area contributed by atoms with E-state index >= 15 is 0 Å². The zero-order chi connectivity index (χ0) is 20.5. The fraction of sp³-hybridized carbons (Fsp3) is 0.261. The van der Waals surface area contributed by atoms with Crippen LogP contribution in [0.25, 0.3) is 22.1 Å². The zero-order valence-electron chi connectivity index (χ0n) is 16.6. The first-order valence-corrected chi connectivity index (χ1v) is 9.59. The molecule has 6 nitrogen and oxygen atoms in total. The lowest BCUT2D eigenvalue weighted by molar-refractivity contribution is 0.414. The molecule has 2 aromatic heterocycles. The van der Waals surface area contributed by atoms with Gasteiger partial charge in [-0.3, -0.25) is 14.2 Å². The highest BCUT2D eigenvalue weighted by Gasteiger charge is 2.19. The topological polar surface area (TPSA) is 74.3 Å². The number of nitrogens with zero attached hydrogens (tertiary/aromatic N) is 2. The quantitative estimate of drug-likeness (QED) is 0.484. The fourth-order valence-corrected chi connectivity index (χ4v) is 3.49. The molecule has 0 radical (unpaired) electrons. The average molecular weight is 390 g/mol. The monoisotopic (exact) mass is 390 g/mol. The molecule has 0 N–H and O–H groups in total. The number of methoxy groups -OCH3 is 1. The summed E-state index contributed by atoms with van der Waals surface area (Å²) in [6, 6.07) is 14.6. The van der Waals surface area contributed by atoms with E-state index in [0.717, 1.165) is 11.3 Å². The molecule has 2 heterocycles. The molecule has 0 unspecified atom stereocenters. The summed E-state index contributed by atoms with van der Waals surface area (Å²) in [6.07, 6.45) is 0.635. The Bertz CT molecular complexity index is 1300. The highest BCUT2D eigenvalue weighted by molar-refractivity contribution is 5.87. The molecule has 0 fully saturated rings. The third-order valence-electron chi connectivity index (χ3n) is 5.03. The summed E-state index contributed by atoms with van der Waals surface area (Å²) in [5.41, 5.74) is 0.906. The van der Waals surface area contributed by atoms with Crippen LogP contribution in [0.5, 0.6) is 5.75 Å². The van der Waals surface area contributed by atoms with Crippen molar-refractivity contribution in [3.63, 3.8) is 0 Å². The standard InChI is InChI=1S/C23H22N2O4/c1-14(2)21-24-22-19(20(26)17-6-4-5-7-18(17)29-22)23(27)25(21)13-12-15-8-10-16(28-3)11-9-15/h4-11,14H,12-13H2,1-3H3. The Morgan fingerprint density at radius 2 is 1.79 bits per heavy atom. The molecule has 148 valence electrons. The first-order valence-electron chi connectivity index (χ1n) is 9.59. The number of hydrogen-bond acceptors (Lipinski definition) is 5. The summed E-state index contributed by atoms with van der Waals surface area (Å²) in [5.74, 6) is 1.39. The minimum absolute atomic E-state index is 0.000241. The lowest BCUT2D eigenvalue weighted by Gasteiger charge is -2.15. The number of para-hydroxylation sites is 1.